The molecule has 36 heavy (non-hydrogen) atoms. The molecule has 1 spiro atoms. The average Bonchev–Trinajstić information content (AvgIpc) is 3.21. The van der Waals surface area contributed by atoms with Crippen LogP contribution in [0.15, 0.2) is 54.6 Å². The molecule has 192 valence electrons. The number of fused-ring (bicyclic) bond motifs is 2. The molecule has 2 fully saturated rings. The summed E-state index contributed by atoms with van der Waals surface area (Å²) in [6.07, 6.45) is 9.83. The van der Waals surface area contributed by atoms with E-state index in [0.29, 0.717) is 19.6 Å². The molecule has 4 aliphatic heterocycles. The molecule has 0 aliphatic carbocycles. The van der Waals surface area contributed by atoms with Gasteiger partial charge in [-0.05, 0) is 12.0 Å². The van der Waals surface area contributed by atoms with Crippen LogP contribution in [0.1, 0.15) is 37.8 Å². The fourth-order valence-electron chi connectivity index (χ4n) is 6.37. The molecule has 0 bridgehead atoms. The van der Waals surface area contributed by atoms with Gasteiger partial charge in [-0.2, -0.15) is 0 Å². The van der Waals surface area contributed by atoms with E-state index in [9.17, 15) is 19.5 Å². The van der Waals surface area contributed by atoms with E-state index in [0.717, 1.165) is 24.8 Å². The maximum atomic E-state index is 14.3. The predicted octanol–water partition coefficient (Wildman–Crippen LogP) is 1.92. The van der Waals surface area contributed by atoms with Gasteiger partial charge in [0.2, 0.25) is 17.7 Å². The summed E-state index contributed by atoms with van der Waals surface area (Å²) in [7, 11) is 1.72. The van der Waals surface area contributed by atoms with E-state index in [2.05, 4.69) is 6.92 Å². The number of carbonyl (C=O) groups excluding carboxylic acids is 3. The minimum atomic E-state index is -1.27. The van der Waals surface area contributed by atoms with E-state index in [1.54, 1.807) is 16.8 Å². The number of carbonyl (C=O) groups is 3. The Morgan fingerprint density at radius 2 is 1.83 bits per heavy atom. The van der Waals surface area contributed by atoms with Crippen LogP contribution in [-0.2, 0) is 19.1 Å². The first-order valence-corrected chi connectivity index (χ1v) is 13.0. The van der Waals surface area contributed by atoms with Crippen LogP contribution in [-0.4, -0.2) is 88.6 Å². The first-order valence-electron chi connectivity index (χ1n) is 13.0. The number of aliphatic hydroxyl groups is 1. The lowest BCUT2D eigenvalue weighted by atomic mass is 9.77. The Morgan fingerprint density at radius 3 is 2.56 bits per heavy atom. The molecule has 1 aromatic rings. The van der Waals surface area contributed by atoms with Gasteiger partial charge >= 0.3 is 0 Å². The number of aliphatic hydroxyl groups excluding tert-OH is 1. The van der Waals surface area contributed by atoms with Gasteiger partial charge in [0.1, 0.15) is 11.6 Å². The second kappa shape index (κ2) is 9.82. The number of amides is 3. The SMILES string of the molecule is CCCCCN1CC=C[C@]23O[C@H]4C=CCN(C)C(=O)[C@H]4[C@H]2C(=O)N([C@H](CO)c2ccccc2)C3C1=O. The van der Waals surface area contributed by atoms with E-state index in [-0.39, 0.29) is 24.3 Å². The molecule has 0 radical (unpaired) electrons. The highest BCUT2D eigenvalue weighted by molar-refractivity contribution is 6.00. The van der Waals surface area contributed by atoms with Crippen molar-refractivity contribution in [2.45, 2.75) is 50.0 Å². The van der Waals surface area contributed by atoms with Gasteiger partial charge in [-0.25, -0.2) is 0 Å². The van der Waals surface area contributed by atoms with Crippen LogP contribution >= 0.6 is 0 Å². The van der Waals surface area contributed by atoms with Crippen molar-refractivity contribution in [3.8, 4) is 0 Å². The van der Waals surface area contributed by atoms with Crippen molar-refractivity contribution in [2.75, 3.05) is 33.3 Å². The predicted molar refractivity (Wildman–Crippen MR) is 134 cm³/mol. The molecule has 4 aliphatic rings. The Hall–Kier alpha value is -2.97. The highest BCUT2D eigenvalue weighted by Crippen LogP contribution is 2.55. The van der Waals surface area contributed by atoms with Gasteiger partial charge in [-0.3, -0.25) is 14.4 Å². The van der Waals surface area contributed by atoms with Crippen LogP contribution < -0.4 is 0 Å². The van der Waals surface area contributed by atoms with Gasteiger partial charge in [0, 0.05) is 26.7 Å². The average molecular weight is 494 g/mol. The zero-order chi connectivity index (χ0) is 25.4. The fraction of sp³-hybridized carbons (Fsp3) is 0.536. The third kappa shape index (κ3) is 3.78. The number of hydrogen-bond acceptors (Lipinski definition) is 5. The van der Waals surface area contributed by atoms with Crippen molar-refractivity contribution in [1.29, 1.82) is 0 Å². The lowest BCUT2D eigenvalue weighted by Crippen LogP contribution is -2.56. The molecule has 0 aromatic heterocycles. The van der Waals surface area contributed by atoms with E-state index in [4.69, 9.17) is 4.74 Å². The third-order valence-corrected chi connectivity index (χ3v) is 8.11. The van der Waals surface area contributed by atoms with Crippen LogP contribution in [0.4, 0.5) is 0 Å². The highest BCUT2D eigenvalue weighted by Gasteiger charge is 2.72. The number of nitrogens with zero attached hydrogens (tertiary/aromatic N) is 3. The number of unbranched alkanes of at least 4 members (excludes halogenated alkanes) is 2. The molecule has 6 atom stereocenters. The summed E-state index contributed by atoms with van der Waals surface area (Å²) in [4.78, 5) is 46.9. The van der Waals surface area contributed by atoms with E-state index in [1.165, 1.54) is 4.90 Å². The van der Waals surface area contributed by atoms with E-state index >= 15 is 0 Å². The molecule has 5 rings (SSSR count). The van der Waals surface area contributed by atoms with Gasteiger partial charge < -0.3 is 24.5 Å². The molecule has 1 N–H and O–H groups in total. The molecular weight excluding hydrogens is 458 g/mol. The molecule has 1 aromatic carbocycles. The summed E-state index contributed by atoms with van der Waals surface area (Å²) in [5.41, 5.74) is -0.536. The Kier molecular flexibility index (Phi) is 6.74. The molecule has 3 amide bonds. The first-order chi connectivity index (χ1) is 17.4. The number of rotatable bonds is 7. The zero-order valence-corrected chi connectivity index (χ0v) is 21.0. The van der Waals surface area contributed by atoms with Crippen LogP contribution in [0, 0.1) is 11.8 Å². The van der Waals surface area contributed by atoms with Crippen molar-refractivity contribution in [2.24, 2.45) is 11.8 Å². The Bertz CT molecular complexity index is 1070. The van der Waals surface area contributed by atoms with E-state index < -0.39 is 35.6 Å². The van der Waals surface area contributed by atoms with Gasteiger partial charge in [0.25, 0.3) is 0 Å². The maximum Gasteiger partial charge on any atom is 0.249 e. The summed E-state index contributed by atoms with van der Waals surface area (Å²) < 4.78 is 6.62. The number of hydrogen-bond donors (Lipinski definition) is 1. The fourth-order valence-corrected chi connectivity index (χ4v) is 6.37. The number of ether oxygens (including phenoxy) is 1. The lowest BCUT2D eigenvalue weighted by Gasteiger charge is -2.38. The van der Waals surface area contributed by atoms with E-state index in [1.807, 2.05) is 54.6 Å². The topological polar surface area (TPSA) is 90.4 Å². The van der Waals surface area contributed by atoms with Crippen LogP contribution in [0.2, 0.25) is 0 Å². The summed E-state index contributed by atoms with van der Waals surface area (Å²) in [5.74, 6) is -2.25. The second-order valence-corrected chi connectivity index (χ2v) is 10.2. The third-order valence-electron chi connectivity index (χ3n) is 8.11. The van der Waals surface area contributed by atoms with Crippen molar-refractivity contribution < 1.29 is 24.2 Å². The molecule has 2 saturated heterocycles. The monoisotopic (exact) mass is 493 g/mol. The smallest absolute Gasteiger partial charge is 0.249 e. The molecule has 1 unspecified atom stereocenters. The Balaban J connectivity index is 1.62. The van der Waals surface area contributed by atoms with Crippen molar-refractivity contribution >= 4 is 17.7 Å². The Morgan fingerprint density at radius 1 is 1.06 bits per heavy atom. The maximum absolute atomic E-state index is 14.3. The van der Waals surface area contributed by atoms with Gasteiger partial charge in [-0.1, -0.05) is 74.4 Å². The van der Waals surface area contributed by atoms with Crippen LogP contribution in [0.3, 0.4) is 0 Å². The minimum absolute atomic E-state index is 0.161. The molecule has 0 saturated carbocycles. The summed E-state index contributed by atoms with van der Waals surface area (Å²) in [6.45, 7) is 3.22. The molecule has 8 nitrogen and oxygen atoms in total. The standard InChI is InChI=1S/C28H35N3O5/c1-3-4-8-16-30-17-10-14-28-23(22-21(36-28)13-9-15-29(2)25(22)33)26(34)31(24(28)27(30)35)20(18-32)19-11-6-5-7-12-19/h5-7,9-14,20-24,32H,3-4,8,15-18H2,1-2H3/t20-,21+,22-,23+,24?,28+/m1/s1. The minimum Gasteiger partial charge on any atom is -0.394 e. The van der Waals surface area contributed by atoms with Crippen molar-refractivity contribution in [3.63, 3.8) is 0 Å². The normalized spacial score (nSPS) is 32.3. The summed E-state index contributed by atoms with van der Waals surface area (Å²) >= 11 is 0. The number of likely N-dealkylation sites (N-methyl/N-ethyl adjacent to an activating group) is 1. The first kappa shape index (κ1) is 24.7. The van der Waals surface area contributed by atoms with Crippen molar-refractivity contribution in [3.05, 3.63) is 60.2 Å². The summed E-state index contributed by atoms with van der Waals surface area (Å²) in [6, 6.07) is 7.57. The lowest BCUT2D eigenvalue weighted by molar-refractivity contribution is -0.151. The van der Waals surface area contributed by atoms with Gasteiger partial charge in [-0.15, -0.1) is 0 Å². The number of benzene rings is 1. The van der Waals surface area contributed by atoms with Gasteiger partial charge in [0.05, 0.1) is 30.6 Å². The Labute approximate surface area is 212 Å². The quantitative estimate of drug-likeness (QED) is 0.463. The van der Waals surface area contributed by atoms with Crippen LogP contribution in [0.25, 0.3) is 0 Å². The second-order valence-electron chi connectivity index (χ2n) is 10.2. The molecule has 8 heteroatoms. The van der Waals surface area contributed by atoms with Crippen LogP contribution in [0.5, 0.6) is 0 Å². The largest absolute Gasteiger partial charge is 0.394 e. The molecular formula is C28H35N3O5. The number of likely N-dealkylation sites (tertiary alicyclic amines) is 1. The molecule has 4 heterocycles. The van der Waals surface area contributed by atoms with Gasteiger partial charge in [0.15, 0.2) is 0 Å². The van der Waals surface area contributed by atoms with Crippen molar-refractivity contribution in [1.82, 2.24) is 14.7 Å². The summed E-state index contributed by atoms with van der Waals surface area (Å²) in [5, 5.41) is 10.5. The highest BCUT2D eigenvalue weighted by atomic mass is 16.5. The zero-order valence-electron chi connectivity index (χ0n) is 21.0.